The fourth-order valence-electron chi connectivity index (χ4n) is 1.67. The molecule has 1 heterocycles. The van der Waals surface area contributed by atoms with Gasteiger partial charge in [-0.15, -0.1) is 0 Å². The fourth-order valence-corrected chi connectivity index (χ4v) is 1.67. The quantitative estimate of drug-likeness (QED) is 0.293. The zero-order chi connectivity index (χ0) is 13.6. The SMILES string of the molecule is CC(Cn1ccnc1)NCCC(C)(C)C(N)=NO. The fraction of sp³-hybridized carbons (Fsp3) is 0.667. The molecule has 0 radical (unpaired) electrons. The third kappa shape index (κ3) is 4.37. The first-order valence-electron chi connectivity index (χ1n) is 6.13. The molecule has 0 saturated heterocycles. The zero-order valence-corrected chi connectivity index (χ0v) is 11.3. The van der Waals surface area contributed by atoms with Crippen LogP contribution in [0.15, 0.2) is 23.9 Å². The number of imidazole rings is 1. The Labute approximate surface area is 108 Å². The summed E-state index contributed by atoms with van der Waals surface area (Å²) >= 11 is 0. The third-order valence-electron chi connectivity index (χ3n) is 3.09. The first-order chi connectivity index (χ1) is 8.45. The predicted molar refractivity (Wildman–Crippen MR) is 71.5 cm³/mol. The van der Waals surface area contributed by atoms with E-state index in [0.717, 1.165) is 19.5 Å². The van der Waals surface area contributed by atoms with Crippen molar-refractivity contribution < 1.29 is 5.21 Å². The number of hydrogen-bond acceptors (Lipinski definition) is 4. The van der Waals surface area contributed by atoms with Crippen LogP contribution in [-0.4, -0.2) is 33.2 Å². The Balaban J connectivity index is 2.29. The van der Waals surface area contributed by atoms with E-state index in [1.54, 1.807) is 12.5 Å². The maximum absolute atomic E-state index is 8.68. The lowest BCUT2D eigenvalue weighted by atomic mass is 9.88. The van der Waals surface area contributed by atoms with Crippen molar-refractivity contribution in [2.75, 3.05) is 6.54 Å². The van der Waals surface area contributed by atoms with Crippen LogP contribution in [0, 0.1) is 5.41 Å². The topological polar surface area (TPSA) is 88.5 Å². The molecule has 1 aromatic rings. The summed E-state index contributed by atoms with van der Waals surface area (Å²) in [4.78, 5) is 4.00. The van der Waals surface area contributed by atoms with Gasteiger partial charge in [0, 0.05) is 30.4 Å². The second kappa shape index (κ2) is 6.39. The van der Waals surface area contributed by atoms with Crippen molar-refractivity contribution in [2.45, 2.75) is 39.8 Å². The van der Waals surface area contributed by atoms with Gasteiger partial charge >= 0.3 is 0 Å². The molecule has 0 aromatic carbocycles. The second-order valence-corrected chi connectivity index (χ2v) is 5.23. The average molecular weight is 253 g/mol. The van der Waals surface area contributed by atoms with Gasteiger partial charge in [-0.25, -0.2) is 4.98 Å². The Morgan fingerprint density at radius 3 is 2.89 bits per heavy atom. The van der Waals surface area contributed by atoms with Gasteiger partial charge in [0.05, 0.1) is 6.33 Å². The van der Waals surface area contributed by atoms with Gasteiger partial charge in [-0.1, -0.05) is 19.0 Å². The van der Waals surface area contributed by atoms with Gasteiger partial charge in [0.25, 0.3) is 0 Å². The summed E-state index contributed by atoms with van der Waals surface area (Å²) in [5.41, 5.74) is 5.34. The van der Waals surface area contributed by atoms with Crippen LogP contribution in [0.25, 0.3) is 0 Å². The lowest BCUT2D eigenvalue weighted by molar-refractivity contribution is 0.304. The summed E-state index contributed by atoms with van der Waals surface area (Å²) in [6.45, 7) is 7.74. The predicted octanol–water partition coefficient (Wildman–Crippen LogP) is 1.02. The van der Waals surface area contributed by atoms with Gasteiger partial charge in [-0.2, -0.15) is 0 Å². The third-order valence-corrected chi connectivity index (χ3v) is 3.09. The molecule has 1 atom stereocenters. The highest BCUT2D eigenvalue weighted by atomic mass is 16.4. The first kappa shape index (κ1) is 14.5. The van der Waals surface area contributed by atoms with Crippen molar-refractivity contribution in [3.8, 4) is 0 Å². The van der Waals surface area contributed by atoms with Crippen LogP contribution < -0.4 is 11.1 Å². The standard InChI is InChI=1S/C12H23N5O/c1-10(8-17-7-6-14-9-17)15-5-4-12(2,3)11(13)16-18/h6-7,9-10,15,18H,4-5,8H2,1-3H3,(H2,13,16). The molecule has 1 unspecified atom stereocenters. The zero-order valence-electron chi connectivity index (χ0n) is 11.3. The molecule has 0 fully saturated rings. The van der Waals surface area contributed by atoms with Crippen molar-refractivity contribution in [3.63, 3.8) is 0 Å². The highest BCUT2D eigenvalue weighted by Crippen LogP contribution is 2.19. The van der Waals surface area contributed by atoms with Gasteiger partial charge in [0.2, 0.25) is 0 Å². The molecule has 102 valence electrons. The van der Waals surface area contributed by atoms with Crippen LogP contribution in [0.2, 0.25) is 0 Å². The van der Waals surface area contributed by atoms with E-state index in [-0.39, 0.29) is 11.3 Å². The smallest absolute Gasteiger partial charge is 0.144 e. The van der Waals surface area contributed by atoms with Gasteiger partial charge in [-0.3, -0.25) is 0 Å². The van der Waals surface area contributed by atoms with Crippen molar-refractivity contribution in [1.29, 1.82) is 0 Å². The molecule has 0 aliphatic rings. The van der Waals surface area contributed by atoms with E-state index in [1.807, 2.05) is 24.6 Å². The molecule has 1 aromatic heterocycles. The highest BCUT2D eigenvalue weighted by Gasteiger charge is 2.23. The number of oxime groups is 1. The van der Waals surface area contributed by atoms with E-state index in [9.17, 15) is 0 Å². The average Bonchev–Trinajstić information content (AvgIpc) is 2.80. The summed E-state index contributed by atoms with van der Waals surface area (Å²) < 4.78 is 2.03. The van der Waals surface area contributed by atoms with Gasteiger partial charge < -0.3 is 20.8 Å². The molecule has 0 bridgehead atoms. The molecular formula is C12H23N5O. The molecule has 6 heteroatoms. The number of rotatable bonds is 7. The van der Waals surface area contributed by atoms with Crippen molar-refractivity contribution in [2.24, 2.45) is 16.3 Å². The largest absolute Gasteiger partial charge is 0.409 e. The molecule has 6 nitrogen and oxygen atoms in total. The van der Waals surface area contributed by atoms with Crippen LogP contribution >= 0.6 is 0 Å². The van der Waals surface area contributed by atoms with E-state index in [1.165, 1.54) is 0 Å². The number of hydrogen-bond donors (Lipinski definition) is 3. The summed E-state index contributed by atoms with van der Waals surface area (Å²) in [5, 5.41) is 15.2. The molecule has 0 amide bonds. The summed E-state index contributed by atoms with van der Waals surface area (Å²) in [6.07, 6.45) is 6.34. The number of amidine groups is 1. The number of nitrogens with two attached hydrogens (primary N) is 1. The van der Waals surface area contributed by atoms with Crippen LogP contribution in [-0.2, 0) is 6.54 Å². The minimum absolute atomic E-state index is 0.270. The second-order valence-electron chi connectivity index (χ2n) is 5.23. The maximum Gasteiger partial charge on any atom is 0.144 e. The van der Waals surface area contributed by atoms with Gasteiger partial charge in [-0.05, 0) is 19.9 Å². The summed E-state index contributed by atoms with van der Waals surface area (Å²) in [7, 11) is 0. The lowest BCUT2D eigenvalue weighted by Gasteiger charge is -2.24. The van der Waals surface area contributed by atoms with Crippen LogP contribution in [0.5, 0.6) is 0 Å². The van der Waals surface area contributed by atoms with Crippen molar-refractivity contribution in [3.05, 3.63) is 18.7 Å². The number of nitrogens with zero attached hydrogens (tertiary/aromatic N) is 3. The van der Waals surface area contributed by atoms with Crippen LogP contribution in [0.3, 0.4) is 0 Å². The van der Waals surface area contributed by atoms with E-state index < -0.39 is 0 Å². The van der Waals surface area contributed by atoms with Crippen molar-refractivity contribution in [1.82, 2.24) is 14.9 Å². The van der Waals surface area contributed by atoms with E-state index in [4.69, 9.17) is 10.9 Å². The molecule has 0 spiro atoms. The Morgan fingerprint density at radius 1 is 1.61 bits per heavy atom. The maximum atomic E-state index is 8.68. The summed E-state index contributed by atoms with van der Waals surface area (Å²) in [6, 6.07) is 0.349. The Kier molecular flexibility index (Phi) is 5.15. The van der Waals surface area contributed by atoms with Crippen LogP contribution in [0.1, 0.15) is 27.2 Å². The molecule has 4 N–H and O–H groups in total. The summed E-state index contributed by atoms with van der Waals surface area (Å²) in [5.74, 6) is 0.270. The Bertz CT molecular complexity index is 372. The van der Waals surface area contributed by atoms with E-state index in [0.29, 0.717) is 6.04 Å². The highest BCUT2D eigenvalue weighted by molar-refractivity contribution is 5.85. The molecular weight excluding hydrogens is 230 g/mol. The Morgan fingerprint density at radius 2 is 2.33 bits per heavy atom. The van der Waals surface area contributed by atoms with Gasteiger partial charge in [0.1, 0.15) is 5.84 Å². The minimum Gasteiger partial charge on any atom is -0.409 e. The number of aromatic nitrogens is 2. The van der Waals surface area contributed by atoms with Crippen molar-refractivity contribution >= 4 is 5.84 Å². The van der Waals surface area contributed by atoms with E-state index in [2.05, 4.69) is 22.4 Å². The number of nitrogens with one attached hydrogen (secondary N) is 1. The Hall–Kier alpha value is -1.56. The molecule has 18 heavy (non-hydrogen) atoms. The molecule has 0 aliphatic heterocycles. The van der Waals surface area contributed by atoms with E-state index >= 15 is 0 Å². The van der Waals surface area contributed by atoms with Gasteiger partial charge in [0.15, 0.2) is 0 Å². The lowest BCUT2D eigenvalue weighted by Crippen LogP contribution is -2.37. The monoisotopic (exact) mass is 253 g/mol. The minimum atomic E-state index is -0.295. The first-order valence-corrected chi connectivity index (χ1v) is 6.13. The molecule has 0 saturated carbocycles. The molecule has 0 aliphatic carbocycles. The molecule has 1 rings (SSSR count). The van der Waals surface area contributed by atoms with Crippen LogP contribution in [0.4, 0.5) is 0 Å². The normalized spacial score (nSPS) is 14.7.